The average Bonchev–Trinajstić information content (AvgIpc) is 3.32. The van der Waals surface area contributed by atoms with Crippen molar-refractivity contribution in [3.63, 3.8) is 0 Å². The lowest BCUT2D eigenvalue weighted by Gasteiger charge is -2.26. The molecule has 0 saturated carbocycles. The Kier molecular flexibility index (Phi) is 6.30. The Bertz CT molecular complexity index is 1110. The van der Waals surface area contributed by atoms with Gasteiger partial charge in [0.05, 0.1) is 38.6 Å². The molecule has 2 heterocycles. The molecular formula is C26H28N2O4. The normalized spacial score (nSPS) is 15.5. The molecule has 1 aromatic heterocycles. The van der Waals surface area contributed by atoms with Crippen LogP contribution in [0.1, 0.15) is 40.6 Å². The van der Waals surface area contributed by atoms with Crippen molar-refractivity contribution >= 4 is 5.91 Å². The summed E-state index contributed by atoms with van der Waals surface area (Å²) in [6, 6.07) is 17.4. The summed E-state index contributed by atoms with van der Waals surface area (Å²) in [6.07, 6.45) is 1.80. The number of aryl methyl sites for hydroxylation is 1. The molecule has 32 heavy (non-hydrogen) atoms. The van der Waals surface area contributed by atoms with Gasteiger partial charge in [0.1, 0.15) is 5.75 Å². The van der Waals surface area contributed by atoms with Crippen LogP contribution >= 0.6 is 0 Å². The number of aromatic nitrogens is 1. The van der Waals surface area contributed by atoms with Crippen molar-refractivity contribution in [2.45, 2.75) is 25.8 Å². The van der Waals surface area contributed by atoms with Crippen LogP contribution in [0.3, 0.4) is 0 Å². The first-order valence-corrected chi connectivity index (χ1v) is 10.7. The molecule has 6 heteroatoms. The lowest BCUT2D eigenvalue weighted by molar-refractivity contribution is 0.0728. The van der Waals surface area contributed by atoms with Crippen LogP contribution in [-0.4, -0.2) is 43.7 Å². The van der Waals surface area contributed by atoms with Gasteiger partial charge in [-0.3, -0.25) is 9.78 Å². The lowest BCUT2D eigenvalue weighted by Crippen LogP contribution is -2.31. The number of carbonyl (C=O) groups is 1. The Balaban J connectivity index is 1.68. The predicted octanol–water partition coefficient (Wildman–Crippen LogP) is 5.06. The highest BCUT2D eigenvalue weighted by atomic mass is 16.5. The van der Waals surface area contributed by atoms with Crippen molar-refractivity contribution < 1.29 is 19.0 Å². The third-order valence-corrected chi connectivity index (χ3v) is 5.89. The van der Waals surface area contributed by atoms with Gasteiger partial charge in [0.15, 0.2) is 11.5 Å². The van der Waals surface area contributed by atoms with Crippen molar-refractivity contribution in [3.05, 3.63) is 71.5 Å². The fraction of sp³-hybridized carbons (Fsp3) is 0.308. The fourth-order valence-electron chi connectivity index (χ4n) is 4.34. The van der Waals surface area contributed by atoms with E-state index in [0.717, 1.165) is 41.1 Å². The number of likely N-dealkylation sites (tertiary alicyclic amines) is 1. The monoisotopic (exact) mass is 432 g/mol. The number of ether oxygens (including phenoxy) is 3. The topological polar surface area (TPSA) is 60.9 Å². The number of para-hydroxylation sites is 1. The van der Waals surface area contributed by atoms with Crippen LogP contribution in [0.5, 0.6) is 17.2 Å². The Hall–Kier alpha value is -3.54. The van der Waals surface area contributed by atoms with Crippen molar-refractivity contribution in [1.82, 2.24) is 9.88 Å². The molecule has 0 bridgehead atoms. The van der Waals surface area contributed by atoms with E-state index in [2.05, 4.69) is 12.1 Å². The number of amides is 1. The maximum atomic E-state index is 13.5. The van der Waals surface area contributed by atoms with Gasteiger partial charge in [0, 0.05) is 12.2 Å². The second-order valence-electron chi connectivity index (χ2n) is 7.85. The van der Waals surface area contributed by atoms with Crippen LogP contribution < -0.4 is 14.2 Å². The second kappa shape index (κ2) is 9.30. The van der Waals surface area contributed by atoms with Gasteiger partial charge in [-0.05, 0) is 67.3 Å². The van der Waals surface area contributed by atoms with Crippen LogP contribution in [0.4, 0.5) is 0 Å². The number of rotatable bonds is 6. The van der Waals surface area contributed by atoms with Crippen LogP contribution in [-0.2, 0) is 0 Å². The number of benzene rings is 2. The number of pyridine rings is 1. The zero-order valence-electron chi connectivity index (χ0n) is 18.9. The van der Waals surface area contributed by atoms with E-state index in [0.29, 0.717) is 23.6 Å². The van der Waals surface area contributed by atoms with Gasteiger partial charge in [-0.1, -0.05) is 18.2 Å². The van der Waals surface area contributed by atoms with Crippen LogP contribution in [0.2, 0.25) is 0 Å². The molecule has 0 spiro atoms. The Morgan fingerprint density at radius 3 is 2.44 bits per heavy atom. The smallest absolute Gasteiger partial charge is 0.258 e. The molecule has 1 fully saturated rings. The quantitative estimate of drug-likeness (QED) is 0.545. The minimum atomic E-state index is -0.0877. The van der Waals surface area contributed by atoms with Crippen LogP contribution in [0, 0.1) is 6.92 Å². The Labute approximate surface area is 188 Å². The summed E-state index contributed by atoms with van der Waals surface area (Å²) >= 11 is 0. The van der Waals surface area contributed by atoms with E-state index in [1.54, 1.807) is 33.5 Å². The molecule has 1 atom stereocenters. The average molecular weight is 433 g/mol. The third-order valence-electron chi connectivity index (χ3n) is 5.89. The lowest BCUT2D eigenvalue weighted by atomic mass is 10.0. The molecule has 1 aliphatic heterocycles. The van der Waals surface area contributed by atoms with E-state index in [1.165, 1.54) is 0 Å². The summed E-state index contributed by atoms with van der Waals surface area (Å²) < 4.78 is 16.2. The van der Waals surface area contributed by atoms with E-state index in [4.69, 9.17) is 19.2 Å². The minimum absolute atomic E-state index is 0.0717. The van der Waals surface area contributed by atoms with E-state index >= 15 is 0 Å². The molecule has 1 unspecified atom stereocenters. The zero-order valence-corrected chi connectivity index (χ0v) is 18.9. The van der Waals surface area contributed by atoms with Crippen molar-refractivity contribution in [3.8, 4) is 28.4 Å². The maximum Gasteiger partial charge on any atom is 0.258 e. The minimum Gasteiger partial charge on any atom is -0.497 e. The molecule has 2 aromatic carbocycles. The molecule has 1 amide bonds. The Morgan fingerprint density at radius 1 is 0.969 bits per heavy atom. The standard InChI is InChI=1S/C26H28N2O4/c1-17-15-19(18-10-12-20(30-2)13-11-18)16-22(27-17)23-8-6-14-28(23)26(29)21-7-5-9-24(31-3)25(21)32-4/h5,7,9-13,15-16,23H,6,8,14H2,1-4H3. The molecule has 0 radical (unpaired) electrons. The number of carbonyl (C=O) groups excluding carboxylic acids is 1. The SMILES string of the molecule is COc1ccc(-c2cc(C)nc(C3CCCN3C(=O)c3cccc(OC)c3OC)c2)cc1. The number of hydrogen-bond donors (Lipinski definition) is 0. The number of nitrogens with zero attached hydrogens (tertiary/aromatic N) is 2. The second-order valence-corrected chi connectivity index (χ2v) is 7.85. The summed E-state index contributed by atoms with van der Waals surface area (Å²) in [4.78, 5) is 20.2. The highest BCUT2D eigenvalue weighted by Crippen LogP contribution is 2.38. The van der Waals surface area contributed by atoms with E-state index in [1.807, 2.05) is 42.2 Å². The molecule has 0 N–H and O–H groups in total. The van der Waals surface area contributed by atoms with Crippen LogP contribution in [0.15, 0.2) is 54.6 Å². The Morgan fingerprint density at radius 2 is 1.75 bits per heavy atom. The highest BCUT2D eigenvalue weighted by Gasteiger charge is 2.33. The molecule has 6 nitrogen and oxygen atoms in total. The van der Waals surface area contributed by atoms with Gasteiger partial charge in [-0.15, -0.1) is 0 Å². The molecule has 1 aliphatic rings. The van der Waals surface area contributed by atoms with Gasteiger partial charge in [-0.2, -0.15) is 0 Å². The summed E-state index contributed by atoms with van der Waals surface area (Å²) in [5.41, 5.74) is 4.49. The predicted molar refractivity (Wildman–Crippen MR) is 124 cm³/mol. The van der Waals surface area contributed by atoms with Gasteiger partial charge in [0.2, 0.25) is 0 Å². The summed E-state index contributed by atoms with van der Waals surface area (Å²) in [6.45, 7) is 2.67. The largest absolute Gasteiger partial charge is 0.497 e. The summed E-state index contributed by atoms with van der Waals surface area (Å²) in [5.74, 6) is 1.75. The zero-order chi connectivity index (χ0) is 22.7. The van der Waals surface area contributed by atoms with Gasteiger partial charge in [0.25, 0.3) is 5.91 Å². The highest BCUT2D eigenvalue weighted by molar-refractivity contribution is 5.98. The first-order chi connectivity index (χ1) is 15.5. The van der Waals surface area contributed by atoms with E-state index in [9.17, 15) is 4.79 Å². The molecule has 166 valence electrons. The number of hydrogen-bond acceptors (Lipinski definition) is 5. The summed E-state index contributed by atoms with van der Waals surface area (Å²) in [5, 5.41) is 0. The number of methoxy groups -OCH3 is 3. The first-order valence-electron chi connectivity index (χ1n) is 10.7. The van der Waals surface area contributed by atoms with Gasteiger partial charge >= 0.3 is 0 Å². The van der Waals surface area contributed by atoms with Gasteiger partial charge < -0.3 is 19.1 Å². The molecule has 3 aromatic rings. The van der Waals surface area contributed by atoms with E-state index in [-0.39, 0.29) is 11.9 Å². The van der Waals surface area contributed by atoms with Crippen molar-refractivity contribution in [1.29, 1.82) is 0 Å². The van der Waals surface area contributed by atoms with Crippen molar-refractivity contribution in [2.75, 3.05) is 27.9 Å². The molecule has 1 saturated heterocycles. The summed E-state index contributed by atoms with van der Waals surface area (Å²) in [7, 11) is 4.79. The third kappa shape index (κ3) is 4.13. The van der Waals surface area contributed by atoms with Gasteiger partial charge in [-0.25, -0.2) is 0 Å². The molecular weight excluding hydrogens is 404 g/mol. The first kappa shape index (κ1) is 21.7. The fourth-order valence-corrected chi connectivity index (χ4v) is 4.34. The maximum absolute atomic E-state index is 13.5. The van der Waals surface area contributed by atoms with Crippen LogP contribution in [0.25, 0.3) is 11.1 Å². The molecule has 4 rings (SSSR count). The molecule has 0 aliphatic carbocycles. The van der Waals surface area contributed by atoms with E-state index < -0.39 is 0 Å². The van der Waals surface area contributed by atoms with Crippen molar-refractivity contribution in [2.24, 2.45) is 0 Å².